The minimum atomic E-state index is -0.917. The molecule has 1 aromatic rings. The van der Waals surface area contributed by atoms with Gasteiger partial charge in [0.05, 0.1) is 6.61 Å². The smallest absolute Gasteiger partial charge is 0.433 e. The van der Waals surface area contributed by atoms with E-state index in [0.29, 0.717) is 12.7 Å². The lowest BCUT2D eigenvalue weighted by molar-refractivity contribution is -0.102. The Balaban J connectivity index is 2.56. The monoisotopic (exact) mass is 235 g/mol. The molecule has 0 spiro atoms. The third-order valence-corrected chi connectivity index (χ3v) is 1.86. The van der Waals surface area contributed by atoms with Gasteiger partial charge in [-0.25, -0.2) is 4.79 Å². The van der Waals surface area contributed by atoms with Crippen LogP contribution in [0.1, 0.15) is 12.5 Å². The molecule has 17 heavy (non-hydrogen) atoms. The summed E-state index contributed by atoms with van der Waals surface area (Å²) in [6, 6.07) is 9.27. The van der Waals surface area contributed by atoms with Crippen LogP contribution in [0, 0.1) is 0 Å². The Morgan fingerprint density at radius 2 is 2.06 bits per heavy atom. The second kappa shape index (κ2) is 7.16. The summed E-state index contributed by atoms with van der Waals surface area (Å²) in [4.78, 5) is 26.0. The molecule has 0 N–H and O–H groups in total. The molecule has 0 aliphatic rings. The number of nitrogens with zero attached hydrogens (tertiary/aromatic N) is 1. The minimum Gasteiger partial charge on any atom is -0.433 e. The summed E-state index contributed by atoms with van der Waals surface area (Å²) >= 11 is 0. The first-order valence-electron chi connectivity index (χ1n) is 5.16. The summed E-state index contributed by atoms with van der Waals surface area (Å²) in [5, 5.41) is 3.43. The predicted octanol–water partition coefficient (Wildman–Crippen LogP) is 1.96. The second-order valence-electron chi connectivity index (χ2n) is 3.14. The fourth-order valence-corrected chi connectivity index (χ4v) is 1.14. The SMILES string of the molecule is CCOC(=O)ON=C(C=O)Cc1ccccc1. The van der Waals surface area contributed by atoms with E-state index < -0.39 is 6.16 Å². The van der Waals surface area contributed by atoms with Gasteiger partial charge >= 0.3 is 6.16 Å². The van der Waals surface area contributed by atoms with Crippen LogP contribution in [-0.4, -0.2) is 24.8 Å². The number of oxime groups is 1. The Hall–Kier alpha value is -2.17. The van der Waals surface area contributed by atoms with Gasteiger partial charge in [-0.2, -0.15) is 0 Å². The van der Waals surface area contributed by atoms with Crippen LogP contribution in [0.3, 0.4) is 0 Å². The third-order valence-electron chi connectivity index (χ3n) is 1.86. The Morgan fingerprint density at radius 1 is 1.35 bits per heavy atom. The molecule has 0 bridgehead atoms. The number of hydrogen-bond donors (Lipinski definition) is 0. The molecule has 5 nitrogen and oxygen atoms in total. The maximum atomic E-state index is 10.8. The van der Waals surface area contributed by atoms with Crippen molar-refractivity contribution in [1.82, 2.24) is 0 Å². The van der Waals surface area contributed by atoms with Gasteiger partial charge in [0.1, 0.15) is 5.71 Å². The van der Waals surface area contributed by atoms with Crippen molar-refractivity contribution in [3.05, 3.63) is 35.9 Å². The summed E-state index contributed by atoms with van der Waals surface area (Å²) in [7, 11) is 0. The molecule has 0 heterocycles. The lowest BCUT2D eigenvalue weighted by Crippen LogP contribution is -2.09. The zero-order chi connectivity index (χ0) is 12.5. The van der Waals surface area contributed by atoms with Gasteiger partial charge in [0.25, 0.3) is 0 Å². The normalized spacial score (nSPS) is 10.8. The Kier molecular flexibility index (Phi) is 5.43. The van der Waals surface area contributed by atoms with Gasteiger partial charge in [0, 0.05) is 6.42 Å². The molecule has 1 aromatic carbocycles. The van der Waals surface area contributed by atoms with Gasteiger partial charge in [-0.15, -0.1) is 0 Å². The number of ether oxygens (including phenoxy) is 1. The molecule has 0 aliphatic heterocycles. The van der Waals surface area contributed by atoms with Crippen molar-refractivity contribution >= 4 is 18.2 Å². The highest BCUT2D eigenvalue weighted by Gasteiger charge is 2.05. The number of hydrogen-bond acceptors (Lipinski definition) is 5. The second-order valence-corrected chi connectivity index (χ2v) is 3.14. The molecule has 0 amide bonds. The number of rotatable bonds is 5. The zero-order valence-electron chi connectivity index (χ0n) is 9.46. The van der Waals surface area contributed by atoms with Gasteiger partial charge in [-0.3, -0.25) is 9.63 Å². The lowest BCUT2D eigenvalue weighted by Gasteiger charge is -2.00. The minimum absolute atomic E-state index is 0.129. The first-order chi connectivity index (χ1) is 8.26. The number of benzene rings is 1. The van der Waals surface area contributed by atoms with Crippen LogP contribution in [0.15, 0.2) is 35.5 Å². The average Bonchev–Trinajstić information content (AvgIpc) is 2.36. The Bertz CT molecular complexity index is 400. The van der Waals surface area contributed by atoms with Crippen molar-refractivity contribution < 1.29 is 19.2 Å². The van der Waals surface area contributed by atoms with Gasteiger partial charge in [0.15, 0.2) is 6.29 Å². The summed E-state index contributed by atoms with van der Waals surface area (Å²) in [6.07, 6.45) is -0.0596. The summed E-state index contributed by atoms with van der Waals surface area (Å²) in [5.41, 5.74) is 1.04. The lowest BCUT2D eigenvalue weighted by atomic mass is 10.1. The van der Waals surface area contributed by atoms with E-state index in [2.05, 4.69) is 14.7 Å². The molecule has 0 saturated heterocycles. The Morgan fingerprint density at radius 3 is 2.65 bits per heavy atom. The first-order valence-corrected chi connectivity index (χ1v) is 5.16. The standard InChI is InChI=1S/C12H13NO4/c1-2-16-12(15)17-13-11(9-14)8-10-6-4-3-5-7-10/h3-7,9H,2,8H2,1H3. The highest BCUT2D eigenvalue weighted by atomic mass is 16.8. The molecule has 0 aromatic heterocycles. The number of aldehydes is 1. The van der Waals surface area contributed by atoms with E-state index in [9.17, 15) is 9.59 Å². The molecule has 0 unspecified atom stereocenters. The van der Waals surface area contributed by atoms with E-state index >= 15 is 0 Å². The average molecular weight is 235 g/mol. The number of carbonyl (C=O) groups excluding carboxylic acids is 2. The summed E-state index contributed by atoms with van der Waals surface area (Å²) < 4.78 is 4.50. The van der Waals surface area contributed by atoms with Crippen molar-refractivity contribution in [2.75, 3.05) is 6.61 Å². The van der Waals surface area contributed by atoms with Gasteiger partial charge in [0.2, 0.25) is 0 Å². The molecule has 0 saturated carbocycles. The van der Waals surface area contributed by atoms with Gasteiger partial charge in [-0.1, -0.05) is 35.5 Å². The van der Waals surface area contributed by atoms with Crippen LogP contribution in [0.2, 0.25) is 0 Å². The molecule has 0 radical (unpaired) electrons. The van der Waals surface area contributed by atoms with Crippen molar-refractivity contribution in [3.8, 4) is 0 Å². The van der Waals surface area contributed by atoms with E-state index in [1.54, 1.807) is 6.92 Å². The largest absolute Gasteiger partial charge is 0.535 e. The first kappa shape index (κ1) is 12.9. The zero-order valence-corrected chi connectivity index (χ0v) is 9.46. The van der Waals surface area contributed by atoms with Gasteiger partial charge < -0.3 is 4.74 Å². The molecular formula is C12H13NO4. The maximum absolute atomic E-state index is 10.8. The van der Waals surface area contributed by atoms with Crippen LogP contribution in [0.5, 0.6) is 0 Å². The Labute approximate surface area is 99.0 Å². The van der Waals surface area contributed by atoms with E-state index in [1.165, 1.54) is 0 Å². The van der Waals surface area contributed by atoms with Crippen molar-refractivity contribution in [2.45, 2.75) is 13.3 Å². The molecule has 1 rings (SSSR count). The van der Waals surface area contributed by atoms with E-state index in [0.717, 1.165) is 5.56 Å². The van der Waals surface area contributed by atoms with Crippen molar-refractivity contribution in [1.29, 1.82) is 0 Å². The molecule has 90 valence electrons. The van der Waals surface area contributed by atoms with Crippen LogP contribution in [0.4, 0.5) is 4.79 Å². The fraction of sp³-hybridized carbons (Fsp3) is 0.250. The van der Waals surface area contributed by atoms with Crippen LogP contribution in [-0.2, 0) is 20.8 Å². The van der Waals surface area contributed by atoms with Crippen molar-refractivity contribution in [2.24, 2.45) is 5.16 Å². The summed E-state index contributed by atoms with van der Waals surface area (Å²) in [5.74, 6) is 0. The molecule has 0 fully saturated rings. The highest BCUT2D eigenvalue weighted by molar-refractivity contribution is 6.28. The molecular weight excluding hydrogens is 222 g/mol. The predicted molar refractivity (Wildman–Crippen MR) is 61.8 cm³/mol. The molecule has 0 aliphatic carbocycles. The van der Waals surface area contributed by atoms with E-state index in [4.69, 9.17) is 0 Å². The third kappa shape index (κ3) is 4.92. The topological polar surface area (TPSA) is 65.0 Å². The van der Waals surface area contributed by atoms with E-state index in [1.807, 2.05) is 30.3 Å². The van der Waals surface area contributed by atoms with Crippen LogP contribution >= 0.6 is 0 Å². The fourth-order valence-electron chi connectivity index (χ4n) is 1.14. The molecule has 0 atom stereocenters. The highest BCUT2D eigenvalue weighted by Crippen LogP contribution is 2.01. The quantitative estimate of drug-likeness (QED) is 0.257. The van der Waals surface area contributed by atoms with Crippen LogP contribution in [0.25, 0.3) is 0 Å². The molecule has 5 heteroatoms. The van der Waals surface area contributed by atoms with Gasteiger partial charge in [-0.05, 0) is 12.5 Å². The van der Waals surface area contributed by atoms with E-state index in [-0.39, 0.29) is 12.3 Å². The summed E-state index contributed by atoms with van der Waals surface area (Å²) in [6.45, 7) is 1.85. The van der Waals surface area contributed by atoms with Crippen LogP contribution < -0.4 is 0 Å². The van der Waals surface area contributed by atoms with Crippen molar-refractivity contribution in [3.63, 3.8) is 0 Å². The number of carbonyl (C=O) groups is 2. The maximum Gasteiger partial charge on any atom is 0.535 e.